The molecule has 0 atom stereocenters. The lowest BCUT2D eigenvalue weighted by molar-refractivity contribution is -0.131. The molecule has 0 aromatic heterocycles. The van der Waals surface area contributed by atoms with Crippen LogP contribution in [0.5, 0.6) is 5.75 Å². The van der Waals surface area contributed by atoms with E-state index in [0.717, 1.165) is 4.90 Å². The van der Waals surface area contributed by atoms with Crippen molar-refractivity contribution in [1.82, 2.24) is 0 Å². The topological polar surface area (TPSA) is 43.4 Å². The first-order chi connectivity index (χ1) is 13.0. The van der Waals surface area contributed by atoms with E-state index >= 15 is 0 Å². The maximum Gasteiger partial charge on any atom is 0.321 e. The summed E-state index contributed by atoms with van der Waals surface area (Å²) in [5.74, 6) is -1.07. The second-order valence-electron chi connectivity index (χ2n) is 5.58. The minimum absolute atomic E-state index is 0.0713. The molecule has 0 aliphatic rings. The highest BCUT2D eigenvalue weighted by molar-refractivity contribution is 8.00. The maximum absolute atomic E-state index is 12.9. The van der Waals surface area contributed by atoms with E-state index in [1.807, 2.05) is 0 Å². The number of thioether (sulfide) groups is 1. The molecule has 0 aliphatic carbocycles. The summed E-state index contributed by atoms with van der Waals surface area (Å²) in [5, 5.41) is 0. The van der Waals surface area contributed by atoms with Gasteiger partial charge in [-0.05, 0) is 72.8 Å². The van der Waals surface area contributed by atoms with Crippen molar-refractivity contribution in [3.63, 3.8) is 0 Å². The van der Waals surface area contributed by atoms with Gasteiger partial charge in [0.2, 0.25) is 0 Å². The van der Waals surface area contributed by atoms with E-state index in [9.17, 15) is 18.4 Å². The van der Waals surface area contributed by atoms with E-state index in [1.165, 1.54) is 60.3 Å². The van der Waals surface area contributed by atoms with Crippen molar-refractivity contribution in [2.24, 2.45) is 0 Å². The summed E-state index contributed by atoms with van der Waals surface area (Å²) in [4.78, 5) is 25.0. The van der Waals surface area contributed by atoms with Crippen molar-refractivity contribution < 1.29 is 23.1 Å². The summed E-state index contributed by atoms with van der Waals surface area (Å²) in [6, 6.07) is 17.2. The molecule has 6 heteroatoms. The number of hydrogen-bond acceptors (Lipinski definition) is 4. The van der Waals surface area contributed by atoms with Crippen LogP contribution < -0.4 is 4.74 Å². The van der Waals surface area contributed by atoms with Gasteiger partial charge in [0.25, 0.3) is 0 Å². The summed E-state index contributed by atoms with van der Waals surface area (Å²) < 4.78 is 31.0. The number of benzene rings is 3. The molecule has 136 valence electrons. The third kappa shape index (κ3) is 5.24. The van der Waals surface area contributed by atoms with Gasteiger partial charge in [-0.3, -0.25) is 9.59 Å². The molecule has 0 bridgehead atoms. The third-order valence-electron chi connectivity index (χ3n) is 3.62. The molecular weight excluding hydrogens is 370 g/mol. The quantitative estimate of drug-likeness (QED) is 0.263. The van der Waals surface area contributed by atoms with E-state index in [0.29, 0.717) is 16.9 Å². The molecule has 0 aliphatic heterocycles. The lowest BCUT2D eigenvalue weighted by Gasteiger charge is -2.06. The Hall–Kier alpha value is -2.99. The predicted octanol–water partition coefficient (Wildman–Crippen LogP) is 4.89. The van der Waals surface area contributed by atoms with Gasteiger partial charge in [0.05, 0.1) is 5.75 Å². The molecule has 27 heavy (non-hydrogen) atoms. The average Bonchev–Trinajstić information content (AvgIpc) is 2.68. The Balaban J connectivity index is 1.56. The first-order valence-electron chi connectivity index (χ1n) is 8.00. The second-order valence-corrected chi connectivity index (χ2v) is 6.63. The van der Waals surface area contributed by atoms with Crippen LogP contribution in [0.4, 0.5) is 8.78 Å². The number of ether oxygens (including phenoxy) is 1. The average molecular weight is 384 g/mol. The van der Waals surface area contributed by atoms with Gasteiger partial charge in [0.1, 0.15) is 17.4 Å². The lowest BCUT2D eigenvalue weighted by atomic mass is 10.0. The van der Waals surface area contributed by atoms with Crippen molar-refractivity contribution >= 4 is 23.5 Å². The lowest BCUT2D eigenvalue weighted by Crippen LogP contribution is -2.10. The molecule has 3 aromatic carbocycles. The Bertz CT molecular complexity index is 937. The Morgan fingerprint density at radius 2 is 1.22 bits per heavy atom. The van der Waals surface area contributed by atoms with Gasteiger partial charge in [0, 0.05) is 16.0 Å². The minimum Gasteiger partial charge on any atom is -0.426 e. The molecule has 0 radical (unpaired) electrons. The van der Waals surface area contributed by atoms with Crippen molar-refractivity contribution in [2.75, 3.05) is 5.75 Å². The van der Waals surface area contributed by atoms with Crippen LogP contribution in [0.2, 0.25) is 0 Å². The summed E-state index contributed by atoms with van der Waals surface area (Å²) in [6.45, 7) is 0. The molecular formula is C21H14F2O3S. The minimum atomic E-state index is -0.457. The molecule has 0 saturated carbocycles. The zero-order chi connectivity index (χ0) is 19.2. The highest BCUT2D eigenvalue weighted by atomic mass is 32.2. The highest BCUT2D eigenvalue weighted by Gasteiger charge is 2.11. The Morgan fingerprint density at radius 3 is 1.78 bits per heavy atom. The van der Waals surface area contributed by atoms with Crippen molar-refractivity contribution in [1.29, 1.82) is 0 Å². The van der Waals surface area contributed by atoms with Crippen LogP contribution >= 0.6 is 11.8 Å². The highest BCUT2D eigenvalue weighted by Crippen LogP contribution is 2.20. The van der Waals surface area contributed by atoms with Crippen LogP contribution in [0.25, 0.3) is 0 Å². The number of carbonyl (C=O) groups is 2. The number of ketones is 1. The first-order valence-corrected chi connectivity index (χ1v) is 8.99. The van der Waals surface area contributed by atoms with Gasteiger partial charge in [-0.15, -0.1) is 11.8 Å². The molecule has 0 N–H and O–H groups in total. The van der Waals surface area contributed by atoms with Crippen LogP contribution in [0.1, 0.15) is 15.9 Å². The van der Waals surface area contributed by atoms with Crippen LogP contribution in [-0.2, 0) is 4.79 Å². The summed E-state index contributed by atoms with van der Waals surface area (Å²) >= 11 is 1.24. The Kier molecular flexibility index (Phi) is 5.98. The smallest absolute Gasteiger partial charge is 0.321 e. The number of esters is 1. The van der Waals surface area contributed by atoms with Crippen LogP contribution in [0, 0.1) is 11.6 Å². The second kappa shape index (κ2) is 8.60. The van der Waals surface area contributed by atoms with Crippen molar-refractivity contribution in [3.05, 3.63) is 95.6 Å². The zero-order valence-corrected chi connectivity index (χ0v) is 14.8. The molecule has 0 saturated heterocycles. The van der Waals surface area contributed by atoms with Gasteiger partial charge >= 0.3 is 5.97 Å². The molecule has 3 rings (SSSR count). The first kappa shape index (κ1) is 18.8. The summed E-state index contributed by atoms with van der Waals surface area (Å²) in [7, 11) is 0. The fourth-order valence-corrected chi connectivity index (χ4v) is 2.95. The van der Waals surface area contributed by atoms with Crippen LogP contribution in [-0.4, -0.2) is 17.5 Å². The van der Waals surface area contributed by atoms with E-state index in [-0.39, 0.29) is 17.4 Å². The van der Waals surface area contributed by atoms with Gasteiger partial charge in [-0.1, -0.05) is 0 Å². The molecule has 0 unspecified atom stereocenters. The third-order valence-corrected chi connectivity index (χ3v) is 4.61. The summed E-state index contributed by atoms with van der Waals surface area (Å²) in [6.07, 6.45) is 0. The fraction of sp³-hybridized carbons (Fsp3) is 0.0476. The number of halogens is 2. The number of rotatable bonds is 6. The summed E-state index contributed by atoms with van der Waals surface area (Å²) in [5.41, 5.74) is 0.777. The van der Waals surface area contributed by atoms with Crippen molar-refractivity contribution in [3.8, 4) is 5.75 Å². The molecule has 0 spiro atoms. The van der Waals surface area contributed by atoms with E-state index in [1.54, 1.807) is 24.3 Å². The normalized spacial score (nSPS) is 10.4. The van der Waals surface area contributed by atoms with Gasteiger partial charge in [-0.2, -0.15) is 0 Å². The fourth-order valence-electron chi connectivity index (χ4n) is 2.28. The monoisotopic (exact) mass is 384 g/mol. The van der Waals surface area contributed by atoms with Gasteiger partial charge in [-0.25, -0.2) is 8.78 Å². The standard InChI is InChI=1S/C21H14F2O3S/c22-16-5-1-14(2-6-16)21(25)15-3-9-18(10-4-15)26-20(24)13-27-19-11-7-17(23)8-12-19/h1-12H,13H2. The molecule has 0 fully saturated rings. The largest absolute Gasteiger partial charge is 0.426 e. The molecule has 3 aromatic rings. The van der Waals surface area contributed by atoms with E-state index in [2.05, 4.69) is 0 Å². The number of carbonyl (C=O) groups excluding carboxylic acids is 2. The predicted molar refractivity (Wildman–Crippen MR) is 99.0 cm³/mol. The Labute approximate surface area is 159 Å². The molecule has 0 heterocycles. The Morgan fingerprint density at radius 1 is 0.741 bits per heavy atom. The molecule has 3 nitrogen and oxygen atoms in total. The molecule has 0 amide bonds. The van der Waals surface area contributed by atoms with Crippen LogP contribution in [0.15, 0.2) is 77.7 Å². The number of hydrogen-bond donors (Lipinski definition) is 0. The maximum atomic E-state index is 12.9. The van der Waals surface area contributed by atoms with E-state index < -0.39 is 11.8 Å². The van der Waals surface area contributed by atoms with Gasteiger partial charge in [0.15, 0.2) is 5.78 Å². The zero-order valence-electron chi connectivity index (χ0n) is 14.0. The van der Waals surface area contributed by atoms with E-state index in [4.69, 9.17) is 4.74 Å². The van der Waals surface area contributed by atoms with Gasteiger partial charge < -0.3 is 4.74 Å². The SMILES string of the molecule is O=C(CSc1ccc(F)cc1)Oc1ccc(C(=O)c2ccc(F)cc2)cc1. The van der Waals surface area contributed by atoms with Crippen LogP contribution in [0.3, 0.4) is 0 Å². The van der Waals surface area contributed by atoms with Crippen molar-refractivity contribution in [2.45, 2.75) is 4.90 Å².